The van der Waals surface area contributed by atoms with E-state index < -0.39 is 5.97 Å². The van der Waals surface area contributed by atoms with Crippen LogP contribution < -0.4 is 14.2 Å². The largest absolute Gasteiger partial charge is 0.494 e. The molecule has 0 amide bonds. The second kappa shape index (κ2) is 19.9. The molecular formula is C38H46O5. The van der Waals surface area contributed by atoms with Crippen LogP contribution in [0.3, 0.4) is 0 Å². The van der Waals surface area contributed by atoms with E-state index in [0.29, 0.717) is 17.9 Å². The van der Waals surface area contributed by atoms with Gasteiger partial charge in [-0.05, 0) is 84.7 Å². The number of carbonyl (C=O) groups is 2. The van der Waals surface area contributed by atoms with Crippen LogP contribution in [0.5, 0.6) is 17.2 Å². The Kier molecular flexibility index (Phi) is 15.5. The van der Waals surface area contributed by atoms with Crippen LogP contribution in [0.25, 0.3) is 12.2 Å². The minimum atomic E-state index is -0.493. The Morgan fingerprint density at radius 2 is 1.00 bits per heavy atom. The molecule has 0 aliphatic rings. The summed E-state index contributed by atoms with van der Waals surface area (Å²) in [5.74, 6) is 1.40. The lowest BCUT2D eigenvalue weighted by molar-refractivity contribution is -0.128. The minimum Gasteiger partial charge on any atom is -0.494 e. The van der Waals surface area contributed by atoms with Crippen molar-refractivity contribution < 1.29 is 23.8 Å². The second-order valence-electron chi connectivity index (χ2n) is 10.6. The van der Waals surface area contributed by atoms with Gasteiger partial charge in [-0.1, -0.05) is 95.6 Å². The van der Waals surface area contributed by atoms with Crippen LogP contribution in [-0.2, 0) is 4.79 Å². The van der Waals surface area contributed by atoms with Gasteiger partial charge in [-0.25, -0.2) is 4.79 Å². The molecule has 0 bridgehead atoms. The lowest BCUT2D eigenvalue weighted by Gasteiger charge is -2.06. The van der Waals surface area contributed by atoms with Crippen molar-refractivity contribution in [2.45, 2.75) is 78.1 Å². The molecule has 228 valence electrons. The predicted molar refractivity (Wildman–Crippen MR) is 176 cm³/mol. The molecule has 3 aromatic carbocycles. The van der Waals surface area contributed by atoms with E-state index in [-0.39, 0.29) is 5.78 Å². The van der Waals surface area contributed by atoms with E-state index >= 15 is 0 Å². The molecule has 0 radical (unpaired) electrons. The fourth-order valence-corrected chi connectivity index (χ4v) is 4.38. The zero-order valence-electron chi connectivity index (χ0n) is 25.8. The number of esters is 1. The van der Waals surface area contributed by atoms with Gasteiger partial charge in [0, 0.05) is 11.6 Å². The highest BCUT2D eigenvalue weighted by Gasteiger charge is 2.05. The molecule has 0 fully saturated rings. The molecule has 0 unspecified atom stereocenters. The first-order valence-corrected chi connectivity index (χ1v) is 15.8. The van der Waals surface area contributed by atoms with Gasteiger partial charge in [-0.15, -0.1) is 0 Å². The Bertz CT molecular complexity index is 1270. The van der Waals surface area contributed by atoms with Gasteiger partial charge in [-0.3, -0.25) is 4.79 Å². The van der Waals surface area contributed by atoms with Crippen molar-refractivity contribution in [2.24, 2.45) is 0 Å². The summed E-state index contributed by atoms with van der Waals surface area (Å²) in [6.45, 7) is 5.79. The first-order chi connectivity index (χ1) is 21.1. The summed E-state index contributed by atoms with van der Waals surface area (Å²) in [6, 6.07) is 21.8. The molecule has 0 aromatic heterocycles. The first-order valence-electron chi connectivity index (χ1n) is 15.8. The number of ether oxygens (including phenoxy) is 3. The monoisotopic (exact) mass is 582 g/mol. The summed E-state index contributed by atoms with van der Waals surface area (Å²) in [5.41, 5.74) is 2.30. The lowest BCUT2D eigenvalue weighted by Crippen LogP contribution is -2.04. The van der Waals surface area contributed by atoms with Gasteiger partial charge in [0.2, 0.25) is 0 Å². The van der Waals surface area contributed by atoms with Gasteiger partial charge in [0.25, 0.3) is 0 Å². The zero-order valence-corrected chi connectivity index (χ0v) is 25.8. The minimum absolute atomic E-state index is 0.130. The average molecular weight is 583 g/mol. The molecular weight excluding hydrogens is 536 g/mol. The number of carbonyl (C=O) groups excluding carboxylic acids is 2. The van der Waals surface area contributed by atoms with Crippen molar-refractivity contribution in [1.82, 2.24) is 0 Å². The third-order valence-electron chi connectivity index (χ3n) is 6.99. The number of allylic oxidation sites excluding steroid dienone is 1. The normalized spacial score (nSPS) is 11.2. The highest BCUT2D eigenvalue weighted by Crippen LogP contribution is 2.18. The zero-order chi connectivity index (χ0) is 30.5. The van der Waals surface area contributed by atoms with Crippen LogP contribution in [0.4, 0.5) is 0 Å². The average Bonchev–Trinajstić information content (AvgIpc) is 3.03. The van der Waals surface area contributed by atoms with Crippen molar-refractivity contribution in [3.63, 3.8) is 0 Å². The molecule has 0 aliphatic carbocycles. The number of rotatable bonds is 20. The number of unbranched alkanes of at least 4 members (excludes halogenated alkanes) is 8. The van der Waals surface area contributed by atoms with Gasteiger partial charge in [-0.2, -0.15) is 0 Å². The van der Waals surface area contributed by atoms with E-state index in [1.165, 1.54) is 51.0 Å². The summed E-state index contributed by atoms with van der Waals surface area (Å²) >= 11 is 0. The van der Waals surface area contributed by atoms with Crippen LogP contribution in [0.1, 0.15) is 99.5 Å². The van der Waals surface area contributed by atoms with Gasteiger partial charge in [0.1, 0.15) is 17.2 Å². The standard InChI is InChI=1S/C38H46O5/c1-3-5-7-8-9-10-11-12-30-42-35-21-13-31(14-22-35)17-27-37(39)33-19-25-36(26-20-33)43-38(40)28-18-32-15-23-34(24-16-32)41-29-6-4-2/h13-28H,3-12,29-30H2,1-2H3/b27-17+,28-18+. The Morgan fingerprint density at radius 3 is 1.56 bits per heavy atom. The van der Waals surface area contributed by atoms with Crippen LogP contribution in [-0.4, -0.2) is 25.0 Å². The van der Waals surface area contributed by atoms with Gasteiger partial charge >= 0.3 is 5.97 Å². The Hall–Kier alpha value is -4.12. The Balaban J connectivity index is 1.37. The fourth-order valence-electron chi connectivity index (χ4n) is 4.38. The summed E-state index contributed by atoms with van der Waals surface area (Å²) < 4.78 is 16.9. The first kappa shape index (κ1) is 33.4. The van der Waals surface area contributed by atoms with E-state index in [2.05, 4.69) is 13.8 Å². The van der Waals surface area contributed by atoms with E-state index in [1.807, 2.05) is 48.5 Å². The van der Waals surface area contributed by atoms with Gasteiger partial charge in [0.15, 0.2) is 5.78 Å². The smallest absolute Gasteiger partial charge is 0.336 e. The highest BCUT2D eigenvalue weighted by molar-refractivity contribution is 6.06. The molecule has 5 nitrogen and oxygen atoms in total. The maximum Gasteiger partial charge on any atom is 0.336 e. The van der Waals surface area contributed by atoms with Crippen LogP contribution >= 0.6 is 0 Å². The van der Waals surface area contributed by atoms with Crippen LogP contribution in [0, 0.1) is 0 Å². The number of ketones is 1. The third kappa shape index (κ3) is 13.6. The lowest BCUT2D eigenvalue weighted by atomic mass is 10.1. The molecule has 0 saturated carbocycles. The van der Waals surface area contributed by atoms with Crippen molar-refractivity contribution in [3.05, 3.63) is 102 Å². The Morgan fingerprint density at radius 1 is 0.535 bits per heavy atom. The summed E-state index contributed by atoms with van der Waals surface area (Å²) in [6.07, 6.45) is 18.7. The van der Waals surface area contributed by atoms with E-state index in [4.69, 9.17) is 14.2 Å². The van der Waals surface area contributed by atoms with Crippen LogP contribution in [0.2, 0.25) is 0 Å². The van der Waals surface area contributed by atoms with Crippen molar-refractivity contribution in [1.29, 1.82) is 0 Å². The van der Waals surface area contributed by atoms with Crippen molar-refractivity contribution >= 4 is 23.9 Å². The third-order valence-corrected chi connectivity index (χ3v) is 6.99. The summed E-state index contributed by atoms with van der Waals surface area (Å²) in [4.78, 5) is 24.9. The molecule has 3 aromatic rings. The van der Waals surface area contributed by atoms with Crippen molar-refractivity contribution in [3.8, 4) is 17.2 Å². The predicted octanol–water partition coefficient (Wildman–Crippen LogP) is 9.90. The highest BCUT2D eigenvalue weighted by atomic mass is 16.5. The summed E-state index contributed by atoms with van der Waals surface area (Å²) in [5, 5.41) is 0. The molecule has 0 N–H and O–H groups in total. The fraction of sp³-hybridized carbons (Fsp3) is 0.368. The maximum atomic E-state index is 12.6. The Labute approximate surface area is 257 Å². The van der Waals surface area contributed by atoms with E-state index in [1.54, 1.807) is 42.5 Å². The second-order valence-corrected chi connectivity index (χ2v) is 10.6. The number of hydrogen-bond acceptors (Lipinski definition) is 5. The van der Waals surface area contributed by atoms with Crippen molar-refractivity contribution in [2.75, 3.05) is 13.2 Å². The molecule has 0 heterocycles. The van der Waals surface area contributed by atoms with Gasteiger partial charge < -0.3 is 14.2 Å². The molecule has 43 heavy (non-hydrogen) atoms. The quantitative estimate of drug-likeness (QED) is 0.0436. The molecule has 3 rings (SSSR count). The maximum absolute atomic E-state index is 12.6. The molecule has 0 saturated heterocycles. The molecule has 0 spiro atoms. The SMILES string of the molecule is CCCCCCCCCCOc1ccc(/C=C/C(=O)c2ccc(OC(=O)/C=C/c3ccc(OCCCC)cc3)cc2)cc1. The van der Waals surface area contributed by atoms with Crippen LogP contribution in [0.15, 0.2) is 84.9 Å². The molecule has 0 aliphatic heterocycles. The van der Waals surface area contributed by atoms with Gasteiger partial charge in [0.05, 0.1) is 13.2 Å². The molecule has 0 atom stereocenters. The van der Waals surface area contributed by atoms with E-state index in [0.717, 1.165) is 48.5 Å². The number of hydrogen-bond donors (Lipinski definition) is 0. The topological polar surface area (TPSA) is 61.8 Å². The molecule has 5 heteroatoms. The summed E-state index contributed by atoms with van der Waals surface area (Å²) in [7, 11) is 0. The number of benzene rings is 3. The van der Waals surface area contributed by atoms with E-state index in [9.17, 15) is 9.59 Å².